The third-order valence-corrected chi connectivity index (χ3v) is 9.18. The monoisotopic (exact) mass is 545 g/mol. The summed E-state index contributed by atoms with van der Waals surface area (Å²) in [7, 11) is -1.88. The summed E-state index contributed by atoms with van der Waals surface area (Å²) in [5.41, 5.74) is 2.92. The Kier molecular flexibility index (Phi) is 8.11. The van der Waals surface area contributed by atoms with E-state index in [0.717, 1.165) is 46.6 Å². The fourth-order valence-electron chi connectivity index (χ4n) is 4.95. The molecule has 1 aromatic heterocycles. The van der Waals surface area contributed by atoms with Crippen LogP contribution in [0.5, 0.6) is 5.75 Å². The molecule has 204 valence electrons. The van der Waals surface area contributed by atoms with Crippen LogP contribution in [0.3, 0.4) is 0 Å². The van der Waals surface area contributed by atoms with Crippen molar-refractivity contribution in [3.05, 3.63) is 84.2 Å². The summed E-state index contributed by atoms with van der Waals surface area (Å²) in [5, 5.41) is 4.38. The first-order chi connectivity index (χ1) is 18.9. The van der Waals surface area contributed by atoms with Gasteiger partial charge in [0.1, 0.15) is 17.4 Å². The molecule has 0 aliphatic carbocycles. The van der Waals surface area contributed by atoms with Gasteiger partial charge in [0, 0.05) is 37.3 Å². The predicted molar refractivity (Wildman–Crippen MR) is 155 cm³/mol. The fraction of sp³-hybridized carbons (Fsp3) is 0.333. The highest BCUT2D eigenvalue weighted by molar-refractivity contribution is 7.89. The van der Waals surface area contributed by atoms with Gasteiger partial charge in [-0.15, -0.1) is 0 Å². The molecular weight excluding hydrogens is 510 g/mol. The maximum Gasteiger partial charge on any atom is 0.243 e. The second-order valence-corrected chi connectivity index (χ2v) is 11.7. The van der Waals surface area contributed by atoms with Crippen LogP contribution in [-0.4, -0.2) is 60.9 Å². The molecule has 1 fully saturated rings. The Labute approximate surface area is 230 Å². The molecule has 1 N–H and O–H groups in total. The summed E-state index contributed by atoms with van der Waals surface area (Å²) < 4.78 is 33.4. The number of hydrogen-bond acceptors (Lipinski definition) is 7. The molecule has 1 unspecified atom stereocenters. The van der Waals surface area contributed by atoms with Gasteiger partial charge in [0.2, 0.25) is 10.0 Å². The molecule has 2 heterocycles. The van der Waals surface area contributed by atoms with E-state index >= 15 is 0 Å². The SMILES string of the molecule is CCCc1ccc(S(=O)(=O)N2CCN(C(C)c3nc(Nc4ccc(OC)cc4)c4ccccc4n3)CC2)cc1. The molecule has 4 aromatic rings. The van der Waals surface area contributed by atoms with Crippen molar-refractivity contribution in [2.24, 2.45) is 0 Å². The Morgan fingerprint density at radius 1 is 0.923 bits per heavy atom. The van der Waals surface area contributed by atoms with Crippen molar-refractivity contribution in [1.29, 1.82) is 0 Å². The highest BCUT2D eigenvalue weighted by atomic mass is 32.2. The van der Waals surface area contributed by atoms with Crippen molar-refractivity contribution in [3.8, 4) is 5.75 Å². The molecule has 9 heteroatoms. The zero-order valence-corrected chi connectivity index (χ0v) is 23.5. The van der Waals surface area contributed by atoms with Crippen molar-refractivity contribution >= 4 is 32.4 Å². The zero-order chi connectivity index (χ0) is 27.4. The summed E-state index contributed by atoms with van der Waals surface area (Å²) in [6, 6.07) is 22.9. The molecule has 1 aliphatic rings. The second-order valence-electron chi connectivity index (χ2n) is 9.81. The van der Waals surface area contributed by atoms with Gasteiger partial charge < -0.3 is 10.1 Å². The molecule has 5 rings (SSSR count). The number of sulfonamides is 1. The largest absolute Gasteiger partial charge is 0.497 e. The minimum atomic E-state index is -3.53. The van der Waals surface area contributed by atoms with Crippen LogP contribution < -0.4 is 10.1 Å². The van der Waals surface area contributed by atoms with Crippen LogP contribution in [0.4, 0.5) is 11.5 Å². The quantitative estimate of drug-likeness (QED) is 0.301. The Bertz CT molecular complexity index is 1520. The summed E-state index contributed by atoms with van der Waals surface area (Å²) >= 11 is 0. The van der Waals surface area contributed by atoms with Crippen LogP contribution in [0, 0.1) is 0 Å². The van der Waals surface area contributed by atoms with Crippen LogP contribution in [-0.2, 0) is 16.4 Å². The third kappa shape index (κ3) is 5.90. The van der Waals surface area contributed by atoms with Gasteiger partial charge in [-0.3, -0.25) is 4.90 Å². The Morgan fingerprint density at radius 2 is 1.62 bits per heavy atom. The normalized spacial score (nSPS) is 15.8. The van der Waals surface area contributed by atoms with Gasteiger partial charge in [-0.1, -0.05) is 37.6 Å². The lowest BCUT2D eigenvalue weighted by atomic mass is 10.1. The van der Waals surface area contributed by atoms with Gasteiger partial charge >= 0.3 is 0 Å². The van der Waals surface area contributed by atoms with Gasteiger partial charge in [-0.2, -0.15) is 4.31 Å². The average molecular weight is 546 g/mol. The van der Waals surface area contributed by atoms with Crippen molar-refractivity contribution in [1.82, 2.24) is 19.2 Å². The van der Waals surface area contributed by atoms with Gasteiger partial charge in [-0.25, -0.2) is 18.4 Å². The van der Waals surface area contributed by atoms with Crippen LogP contribution in [0.1, 0.15) is 37.7 Å². The summed E-state index contributed by atoms with van der Waals surface area (Å²) in [6.45, 7) is 6.25. The lowest BCUT2D eigenvalue weighted by molar-refractivity contribution is 0.141. The smallest absolute Gasteiger partial charge is 0.243 e. The molecular formula is C30H35N5O3S. The van der Waals surface area contributed by atoms with E-state index in [4.69, 9.17) is 14.7 Å². The fourth-order valence-corrected chi connectivity index (χ4v) is 6.37. The van der Waals surface area contributed by atoms with Crippen LogP contribution in [0.15, 0.2) is 77.7 Å². The van der Waals surface area contributed by atoms with Gasteiger partial charge in [0.05, 0.1) is 23.6 Å². The Balaban J connectivity index is 1.32. The molecule has 0 bridgehead atoms. The Morgan fingerprint density at radius 3 is 2.28 bits per heavy atom. The van der Waals surface area contributed by atoms with E-state index in [1.54, 1.807) is 23.5 Å². The maximum atomic E-state index is 13.3. The number of nitrogens with zero attached hydrogens (tertiary/aromatic N) is 4. The van der Waals surface area contributed by atoms with Crippen molar-refractivity contribution in [3.63, 3.8) is 0 Å². The molecule has 1 aliphatic heterocycles. The molecule has 8 nitrogen and oxygen atoms in total. The molecule has 39 heavy (non-hydrogen) atoms. The average Bonchev–Trinajstić information content (AvgIpc) is 2.97. The van der Waals surface area contributed by atoms with E-state index in [2.05, 4.69) is 24.1 Å². The maximum absolute atomic E-state index is 13.3. The van der Waals surface area contributed by atoms with Gasteiger partial charge in [0.25, 0.3) is 0 Å². The first kappa shape index (κ1) is 27.1. The number of ether oxygens (including phenoxy) is 1. The second kappa shape index (κ2) is 11.7. The molecule has 0 amide bonds. The molecule has 3 aromatic carbocycles. The summed E-state index contributed by atoms with van der Waals surface area (Å²) in [4.78, 5) is 12.4. The summed E-state index contributed by atoms with van der Waals surface area (Å²) in [6.07, 6.45) is 1.98. The Hall–Kier alpha value is -3.53. The summed E-state index contributed by atoms with van der Waals surface area (Å²) in [5.74, 6) is 2.23. The molecule has 0 saturated carbocycles. The lowest BCUT2D eigenvalue weighted by Crippen LogP contribution is -2.49. The van der Waals surface area contributed by atoms with Crippen molar-refractivity contribution in [2.75, 3.05) is 38.6 Å². The van der Waals surface area contributed by atoms with E-state index in [9.17, 15) is 8.42 Å². The number of aryl methyl sites for hydroxylation is 1. The first-order valence-corrected chi connectivity index (χ1v) is 14.8. The number of anilines is 2. The van der Waals surface area contributed by atoms with E-state index < -0.39 is 10.0 Å². The number of para-hydroxylation sites is 1. The van der Waals surface area contributed by atoms with Crippen molar-refractivity contribution < 1.29 is 13.2 Å². The van der Waals surface area contributed by atoms with E-state index in [0.29, 0.717) is 36.9 Å². The standard InChI is InChI=1S/C30H35N5O3S/c1-4-7-23-10-16-26(17-11-23)39(36,37)35-20-18-34(19-21-35)22(2)29-32-28-9-6-5-8-27(28)30(33-29)31-24-12-14-25(38-3)15-13-24/h5-6,8-17,22H,4,7,18-21H2,1-3H3,(H,31,32,33). The van der Waals surface area contributed by atoms with E-state index in [1.165, 1.54) is 0 Å². The van der Waals surface area contributed by atoms with E-state index in [-0.39, 0.29) is 6.04 Å². The topological polar surface area (TPSA) is 87.7 Å². The number of methoxy groups -OCH3 is 1. The predicted octanol–water partition coefficient (Wildman–Crippen LogP) is 5.40. The zero-order valence-electron chi connectivity index (χ0n) is 22.7. The van der Waals surface area contributed by atoms with Crippen LogP contribution >= 0.6 is 0 Å². The number of piperazine rings is 1. The lowest BCUT2D eigenvalue weighted by Gasteiger charge is -2.37. The number of aromatic nitrogens is 2. The van der Waals surface area contributed by atoms with Crippen LogP contribution in [0.25, 0.3) is 10.9 Å². The van der Waals surface area contributed by atoms with Crippen molar-refractivity contribution in [2.45, 2.75) is 37.6 Å². The minimum absolute atomic E-state index is 0.0794. The number of benzene rings is 3. The third-order valence-electron chi connectivity index (χ3n) is 7.27. The molecule has 1 atom stereocenters. The number of nitrogens with one attached hydrogen (secondary N) is 1. The van der Waals surface area contributed by atoms with Gasteiger partial charge in [-0.05, 0) is 67.4 Å². The first-order valence-electron chi connectivity index (χ1n) is 13.4. The highest BCUT2D eigenvalue weighted by Gasteiger charge is 2.31. The minimum Gasteiger partial charge on any atom is -0.497 e. The molecule has 0 radical (unpaired) electrons. The number of fused-ring (bicyclic) bond motifs is 1. The number of hydrogen-bond donors (Lipinski definition) is 1. The molecule has 1 saturated heterocycles. The van der Waals surface area contributed by atoms with E-state index in [1.807, 2.05) is 60.7 Å². The van der Waals surface area contributed by atoms with Crippen LogP contribution in [0.2, 0.25) is 0 Å². The highest BCUT2D eigenvalue weighted by Crippen LogP contribution is 2.29. The van der Waals surface area contributed by atoms with Gasteiger partial charge in [0.15, 0.2) is 0 Å². The number of rotatable bonds is 9. The molecule has 0 spiro atoms.